The van der Waals surface area contributed by atoms with Crippen LogP contribution in [0.1, 0.15) is 18.1 Å². The maximum atomic E-state index is 12.4. The van der Waals surface area contributed by atoms with Crippen molar-refractivity contribution < 1.29 is 14.3 Å². The molecule has 1 amide bonds. The van der Waals surface area contributed by atoms with E-state index in [1.165, 1.54) is 11.8 Å². The third kappa shape index (κ3) is 5.54. The number of nitrogens with zero attached hydrogens (tertiary/aromatic N) is 2. The molecular formula is C24H31N3O3. The van der Waals surface area contributed by atoms with Gasteiger partial charge in [0.15, 0.2) is 11.5 Å². The summed E-state index contributed by atoms with van der Waals surface area (Å²) < 4.78 is 10.9. The van der Waals surface area contributed by atoms with E-state index in [4.69, 9.17) is 9.47 Å². The van der Waals surface area contributed by atoms with Crippen molar-refractivity contribution in [2.75, 3.05) is 57.2 Å². The Bertz CT molecular complexity index is 903. The van der Waals surface area contributed by atoms with Crippen molar-refractivity contribution >= 4 is 23.4 Å². The molecule has 1 saturated heterocycles. The number of benzene rings is 2. The van der Waals surface area contributed by atoms with E-state index in [9.17, 15) is 4.79 Å². The van der Waals surface area contributed by atoms with Gasteiger partial charge in [0.2, 0.25) is 5.91 Å². The minimum atomic E-state index is -0.171. The minimum absolute atomic E-state index is 0.171. The number of hydrogen-bond donors (Lipinski definition) is 1. The second-order valence-corrected chi connectivity index (χ2v) is 7.46. The average Bonchev–Trinajstić information content (AvgIpc) is 2.74. The summed E-state index contributed by atoms with van der Waals surface area (Å²) in [5.41, 5.74) is 4.07. The molecule has 6 nitrogen and oxygen atoms in total. The van der Waals surface area contributed by atoms with Gasteiger partial charge in [0.1, 0.15) is 0 Å². The Balaban J connectivity index is 1.63. The van der Waals surface area contributed by atoms with E-state index < -0.39 is 0 Å². The molecule has 3 rings (SSSR count). The monoisotopic (exact) mass is 409 g/mol. The molecule has 1 aliphatic rings. The Kier molecular flexibility index (Phi) is 7.36. The zero-order valence-electron chi connectivity index (χ0n) is 18.3. The van der Waals surface area contributed by atoms with Crippen LogP contribution >= 0.6 is 0 Å². The first kappa shape index (κ1) is 21.7. The number of amides is 1. The molecular weight excluding hydrogens is 378 g/mol. The SMILES string of the molecule is CCOc1cc(/C=C/C(=O)Nc2ccc(N3CCN(C)CC3)c(C)c2)ccc1OC. The zero-order chi connectivity index (χ0) is 21.5. The molecule has 0 spiro atoms. The number of piperazine rings is 1. The highest BCUT2D eigenvalue weighted by atomic mass is 16.5. The molecule has 0 bridgehead atoms. The van der Waals surface area contributed by atoms with Gasteiger partial charge in [-0.1, -0.05) is 6.07 Å². The molecule has 0 radical (unpaired) electrons. The van der Waals surface area contributed by atoms with Crippen molar-refractivity contribution in [2.24, 2.45) is 0 Å². The van der Waals surface area contributed by atoms with Gasteiger partial charge < -0.3 is 24.6 Å². The van der Waals surface area contributed by atoms with E-state index in [0.717, 1.165) is 43.0 Å². The summed E-state index contributed by atoms with van der Waals surface area (Å²) in [7, 11) is 3.76. The normalized spacial score (nSPS) is 14.7. The van der Waals surface area contributed by atoms with Gasteiger partial charge in [-0.3, -0.25) is 4.79 Å². The highest BCUT2D eigenvalue weighted by Gasteiger charge is 2.16. The Morgan fingerprint density at radius 1 is 1.10 bits per heavy atom. The topological polar surface area (TPSA) is 54.0 Å². The van der Waals surface area contributed by atoms with Gasteiger partial charge in [0.05, 0.1) is 13.7 Å². The molecule has 0 aliphatic carbocycles. The van der Waals surface area contributed by atoms with Crippen molar-refractivity contribution in [1.29, 1.82) is 0 Å². The lowest BCUT2D eigenvalue weighted by molar-refractivity contribution is -0.111. The lowest BCUT2D eigenvalue weighted by Crippen LogP contribution is -2.44. The second-order valence-electron chi connectivity index (χ2n) is 7.46. The molecule has 0 saturated carbocycles. The fraction of sp³-hybridized carbons (Fsp3) is 0.375. The molecule has 0 aromatic heterocycles. The van der Waals surface area contributed by atoms with E-state index in [2.05, 4.69) is 35.2 Å². The number of hydrogen-bond acceptors (Lipinski definition) is 5. The Labute approximate surface area is 179 Å². The standard InChI is InChI=1S/C24H31N3O3/c1-5-30-23-17-19(6-10-22(23)29-4)7-11-24(28)25-20-8-9-21(18(2)16-20)27-14-12-26(3)13-15-27/h6-11,16-17H,5,12-15H2,1-4H3,(H,25,28)/b11-7+. The van der Waals surface area contributed by atoms with Gasteiger partial charge in [-0.25, -0.2) is 0 Å². The van der Waals surface area contributed by atoms with Crippen LogP contribution in [-0.4, -0.2) is 57.8 Å². The van der Waals surface area contributed by atoms with Crippen molar-refractivity contribution in [3.05, 3.63) is 53.6 Å². The molecule has 1 fully saturated rings. The highest BCUT2D eigenvalue weighted by molar-refractivity contribution is 6.02. The van der Waals surface area contributed by atoms with Gasteiger partial charge in [-0.2, -0.15) is 0 Å². The van der Waals surface area contributed by atoms with E-state index in [1.54, 1.807) is 13.2 Å². The smallest absolute Gasteiger partial charge is 0.248 e. The zero-order valence-corrected chi connectivity index (χ0v) is 18.3. The van der Waals surface area contributed by atoms with Crippen molar-refractivity contribution in [2.45, 2.75) is 13.8 Å². The van der Waals surface area contributed by atoms with Crippen LogP contribution in [0.2, 0.25) is 0 Å². The summed E-state index contributed by atoms with van der Waals surface area (Å²) in [4.78, 5) is 17.1. The Hall–Kier alpha value is -2.99. The van der Waals surface area contributed by atoms with Gasteiger partial charge in [-0.15, -0.1) is 0 Å². The van der Waals surface area contributed by atoms with Crippen LogP contribution < -0.4 is 19.7 Å². The maximum Gasteiger partial charge on any atom is 0.248 e. The summed E-state index contributed by atoms with van der Waals surface area (Å²) in [6, 6.07) is 11.7. The van der Waals surface area contributed by atoms with E-state index in [-0.39, 0.29) is 5.91 Å². The van der Waals surface area contributed by atoms with Crippen LogP contribution in [0.4, 0.5) is 11.4 Å². The summed E-state index contributed by atoms with van der Waals surface area (Å²) in [5, 5.41) is 2.94. The first-order valence-corrected chi connectivity index (χ1v) is 10.3. The Morgan fingerprint density at radius 2 is 1.87 bits per heavy atom. The molecule has 1 heterocycles. The van der Waals surface area contributed by atoms with Gasteiger partial charge in [0, 0.05) is 43.6 Å². The summed E-state index contributed by atoms with van der Waals surface area (Å²) in [6.45, 7) is 8.75. The van der Waals surface area contributed by atoms with Crippen molar-refractivity contribution in [1.82, 2.24) is 4.90 Å². The van der Waals surface area contributed by atoms with Crippen LogP contribution in [0.5, 0.6) is 11.5 Å². The number of methoxy groups -OCH3 is 1. The largest absolute Gasteiger partial charge is 0.493 e. The van der Waals surface area contributed by atoms with Gasteiger partial charge in [-0.05, 0) is 68.4 Å². The molecule has 30 heavy (non-hydrogen) atoms. The first-order valence-electron chi connectivity index (χ1n) is 10.3. The number of nitrogens with one attached hydrogen (secondary N) is 1. The van der Waals surface area contributed by atoms with E-state index in [1.807, 2.05) is 37.3 Å². The van der Waals surface area contributed by atoms with Crippen LogP contribution in [0.25, 0.3) is 6.08 Å². The molecule has 1 aliphatic heterocycles. The van der Waals surface area contributed by atoms with E-state index in [0.29, 0.717) is 18.1 Å². The summed E-state index contributed by atoms with van der Waals surface area (Å²) in [6.07, 6.45) is 3.30. The van der Waals surface area contributed by atoms with Crippen molar-refractivity contribution in [3.63, 3.8) is 0 Å². The van der Waals surface area contributed by atoms with Crippen LogP contribution in [0.15, 0.2) is 42.5 Å². The number of rotatable bonds is 7. The molecule has 1 N–H and O–H groups in total. The number of carbonyl (C=O) groups is 1. The minimum Gasteiger partial charge on any atom is -0.493 e. The molecule has 0 unspecified atom stereocenters. The molecule has 160 valence electrons. The lowest BCUT2D eigenvalue weighted by atomic mass is 10.1. The van der Waals surface area contributed by atoms with Crippen LogP contribution in [-0.2, 0) is 4.79 Å². The van der Waals surface area contributed by atoms with Gasteiger partial charge >= 0.3 is 0 Å². The molecule has 6 heteroatoms. The highest BCUT2D eigenvalue weighted by Crippen LogP contribution is 2.28. The Morgan fingerprint density at radius 3 is 2.53 bits per heavy atom. The van der Waals surface area contributed by atoms with Crippen molar-refractivity contribution in [3.8, 4) is 11.5 Å². The fourth-order valence-corrected chi connectivity index (χ4v) is 3.56. The predicted molar refractivity (Wildman–Crippen MR) is 123 cm³/mol. The van der Waals surface area contributed by atoms with Gasteiger partial charge in [0.25, 0.3) is 0 Å². The number of aryl methyl sites for hydroxylation is 1. The average molecular weight is 410 g/mol. The summed E-state index contributed by atoms with van der Waals surface area (Å²) >= 11 is 0. The molecule has 2 aromatic carbocycles. The quantitative estimate of drug-likeness (QED) is 0.705. The maximum absolute atomic E-state index is 12.4. The third-order valence-electron chi connectivity index (χ3n) is 5.22. The van der Waals surface area contributed by atoms with Crippen LogP contribution in [0, 0.1) is 6.92 Å². The second kappa shape index (κ2) is 10.2. The predicted octanol–water partition coefficient (Wildman–Crippen LogP) is 3.81. The third-order valence-corrected chi connectivity index (χ3v) is 5.22. The number of anilines is 2. The molecule has 0 atom stereocenters. The number of carbonyl (C=O) groups excluding carboxylic acids is 1. The lowest BCUT2D eigenvalue weighted by Gasteiger charge is -2.35. The molecule has 2 aromatic rings. The fourth-order valence-electron chi connectivity index (χ4n) is 3.56. The first-order chi connectivity index (χ1) is 14.5. The number of ether oxygens (including phenoxy) is 2. The number of likely N-dealkylation sites (N-methyl/N-ethyl adjacent to an activating group) is 1. The summed E-state index contributed by atoms with van der Waals surface area (Å²) in [5.74, 6) is 1.17. The van der Waals surface area contributed by atoms with Crippen LogP contribution in [0.3, 0.4) is 0 Å². The van der Waals surface area contributed by atoms with E-state index >= 15 is 0 Å².